The van der Waals surface area contributed by atoms with Crippen molar-refractivity contribution < 1.29 is 19.0 Å². The first-order valence-electron chi connectivity index (χ1n) is 10.4. The summed E-state index contributed by atoms with van der Waals surface area (Å²) in [6, 6.07) is 14.0. The Balaban J connectivity index is 1.70. The number of allylic oxidation sites excluding steroid dienone is 1. The van der Waals surface area contributed by atoms with E-state index >= 15 is 0 Å². The lowest BCUT2D eigenvalue weighted by molar-refractivity contribution is 0.154. The van der Waals surface area contributed by atoms with Crippen molar-refractivity contribution in [1.29, 1.82) is 0 Å². The van der Waals surface area contributed by atoms with Crippen molar-refractivity contribution in [2.45, 2.75) is 33.6 Å². The van der Waals surface area contributed by atoms with E-state index < -0.39 is 0 Å². The lowest BCUT2D eigenvalue weighted by atomic mass is 10.1. The van der Waals surface area contributed by atoms with Crippen molar-refractivity contribution in [3.8, 4) is 11.5 Å². The number of oxime groups is 1. The number of nitrogens with zero attached hydrogens (tertiary/aromatic N) is 1. The van der Waals surface area contributed by atoms with Crippen LogP contribution in [0.5, 0.6) is 11.5 Å². The molecule has 0 aromatic heterocycles. The standard InChI is InChI=1S/C25H33NO4/c1-5-6-15-29-23-17-20(2)25(21(3)18-23)30-16-11-10-14-28-19-24(26-27-4)22-12-8-7-9-13-22/h5-9,12-13,17-18H,10-11,14-16,19H2,1-4H3/b6-5+,26-24-. The van der Waals surface area contributed by atoms with Crippen LogP contribution in [-0.4, -0.2) is 39.2 Å². The number of unbranched alkanes of at least 4 members (excludes halogenated alkanes) is 1. The molecule has 0 heterocycles. The summed E-state index contributed by atoms with van der Waals surface area (Å²) in [4.78, 5) is 4.94. The van der Waals surface area contributed by atoms with Gasteiger partial charge in [0.2, 0.25) is 0 Å². The lowest BCUT2D eigenvalue weighted by Crippen LogP contribution is -2.12. The van der Waals surface area contributed by atoms with Crippen LogP contribution in [0.3, 0.4) is 0 Å². The summed E-state index contributed by atoms with van der Waals surface area (Å²) in [6.45, 7) is 8.39. The van der Waals surface area contributed by atoms with Gasteiger partial charge in [-0.1, -0.05) is 47.6 Å². The molecule has 0 N–H and O–H groups in total. The number of rotatable bonds is 13. The van der Waals surface area contributed by atoms with Gasteiger partial charge in [-0.15, -0.1) is 0 Å². The molecule has 0 aliphatic rings. The van der Waals surface area contributed by atoms with Crippen molar-refractivity contribution in [3.05, 3.63) is 71.3 Å². The molecule has 2 aromatic rings. The average molecular weight is 412 g/mol. The number of ether oxygens (including phenoxy) is 3. The average Bonchev–Trinajstić information content (AvgIpc) is 2.74. The normalized spacial score (nSPS) is 11.7. The highest BCUT2D eigenvalue weighted by Gasteiger charge is 2.08. The number of benzene rings is 2. The third-order valence-electron chi connectivity index (χ3n) is 4.49. The van der Waals surface area contributed by atoms with E-state index in [0.717, 1.165) is 46.7 Å². The monoisotopic (exact) mass is 411 g/mol. The second-order valence-electron chi connectivity index (χ2n) is 6.96. The number of aryl methyl sites for hydroxylation is 2. The zero-order valence-corrected chi connectivity index (χ0v) is 18.5. The zero-order valence-electron chi connectivity index (χ0n) is 18.5. The molecule has 0 unspecified atom stereocenters. The molecule has 0 fully saturated rings. The van der Waals surface area contributed by atoms with Crippen LogP contribution in [0.25, 0.3) is 0 Å². The van der Waals surface area contributed by atoms with Crippen LogP contribution < -0.4 is 9.47 Å². The highest BCUT2D eigenvalue weighted by molar-refractivity contribution is 6.01. The fourth-order valence-electron chi connectivity index (χ4n) is 3.01. The molecule has 2 aromatic carbocycles. The maximum atomic E-state index is 6.01. The maximum Gasteiger partial charge on any atom is 0.125 e. The summed E-state index contributed by atoms with van der Waals surface area (Å²) in [5, 5.41) is 4.07. The minimum atomic E-state index is 0.422. The van der Waals surface area contributed by atoms with Gasteiger partial charge in [-0.3, -0.25) is 0 Å². The Kier molecular flexibility index (Phi) is 10.5. The molecule has 0 aliphatic heterocycles. The van der Waals surface area contributed by atoms with Crippen molar-refractivity contribution in [2.75, 3.05) is 33.5 Å². The molecule has 30 heavy (non-hydrogen) atoms. The van der Waals surface area contributed by atoms with Gasteiger partial charge in [-0.25, -0.2) is 0 Å². The quantitative estimate of drug-likeness (QED) is 0.189. The topological polar surface area (TPSA) is 49.3 Å². The Labute approximate surface area is 180 Å². The van der Waals surface area contributed by atoms with Gasteiger partial charge in [0.1, 0.15) is 30.9 Å². The highest BCUT2D eigenvalue weighted by atomic mass is 16.6. The summed E-state index contributed by atoms with van der Waals surface area (Å²) in [5.41, 5.74) is 3.97. The van der Waals surface area contributed by atoms with Gasteiger partial charge >= 0.3 is 0 Å². The molecule has 0 saturated carbocycles. The van der Waals surface area contributed by atoms with Gasteiger partial charge in [-0.05, 0) is 56.9 Å². The van der Waals surface area contributed by atoms with E-state index in [0.29, 0.717) is 26.4 Å². The summed E-state index contributed by atoms with van der Waals surface area (Å²) < 4.78 is 17.5. The molecule has 2 rings (SSSR count). The van der Waals surface area contributed by atoms with Gasteiger partial charge in [0.15, 0.2) is 0 Å². The van der Waals surface area contributed by atoms with E-state index in [9.17, 15) is 0 Å². The lowest BCUT2D eigenvalue weighted by Gasteiger charge is -2.14. The number of hydrogen-bond acceptors (Lipinski definition) is 5. The van der Waals surface area contributed by atoms with E-state index in [-0.39, 0.29) is 0 Å². The fourth-order valence-corrected chi connectivity index (χ4v) is 3.01. The van der Waals surface area contributed by atoms with Crippen LogP contribution in [0.4, 0.5) is 0 Å². The van der Waals surface area contributed by atoms with E-state index in [4.69, 9.17) is 19.0 Å². The fraction of sp³-hybridized carbons (Fsp3) is 0.400. The van der Waals surface area contributed by atoms with Gasteiger partial charge < -0.3 is 19.0 Å². The molecule has 0 bridgehead atoms. The molecule has 5 heteroatoms. The van der Waals surface area contributed by atoms with E-state index in [1.807, 2.05) is 75.4 Å². The first-order chi connectivity index (χ1) is 14.7. The molecule has 0 saturated heterocycles. The Morgan fingerprint density at radius 1 is 0.967 bits per heavy atom. The second-order valence-corrected chi connectivity index (χ2v) is 6.96. The van der Waals surface area contributed by atoms with Crippen LogP contribution in [-0.2, 0) is 9.57 Å². The third kappa shape index (κ3) is 7.91. The zero-order chi connectivity index (χ0) is 21.6. The van der Waals surface area contributed by atoms with Crippen LogP contribution >= 0.6 is 0 Å². The number of hydrogen-bond donors (Lipinski definition) is 0. The van der Waals surface area contributed by atoms with Gasteiger partial charge in [0.25, 0.3) is 0 Å². The van der Waals surface area contributed by atoms with Crippen LogP contribution in [0.15, 0.2) is 59.8 Å². The van der Waals surface area contributed by atoms with Crippen LogP contribution in [0, 0.1) is 13.8 Å². The summed E-state index contributed by atoms with van der Waals surface area (Å²) in [5.74, 6) is 1.81. The maximum absolute atomic E-state index is 6.01. The third-order valence-corrected chi connectivity index (χ3v) is 4.49. The first kappa shape index (κ1) is 23.5. The largest absolute Gasteiger partial charge is 0.493 e. The molecule has 0 atom stereocenters. The van der Waals surface area contributed by atoms with Crippen LogP contribution in [0.1, 0.15) is 36.5 Å². The minimum absolute atomic E-state index is 0.422. The molecule has 0 aliphatic carbocycles. The minimum Gasteiger partial charge on any atom is -0.493 e. The molecule has 0 spiro atoms. The molecular formula is C25H33NO4. The van der Waals surface area contributed by atoms with Gasteiger partial charge in [-0.2, -0.15) is 0 Å². The van der Waals surface area contributed by atoms with Crippen molar-refractivity contribution in [1.82, 2.24) is 0 Å². The van der Waals surface area contributed by atoms with Crippen LogP contribution in [0.2, 0.25) is 0 Å². The predicted octanol–water partition coefficient (Wildman–Crippen LogP) is 5.48. The van der Waals surface area contributed by atoms with Gasteiger partial charge in [0, 0.05) is 12.2 Å². The van der Waals surface area contributed by atoms with Crippen molar-refractivity contribution in [3.63, 3.8) is 0 Å². The molecule has 0 amide bonds. The molecule has 5 nitrogen and oxygen atoms in total. The van der Waals surface area contributed by atoms with E-state index in [1.54, 1.807) is 7.11 Å². The van der Waals surface area contributed by atoms with Gasteiger partial charge in [0.05, 0.1) is 13.2 Å². The summed E-state index contributed by atoms with van der Waals surface area (Å²) in [6.07, 6.45) is 5.80. The SMILES string of the molecule is C/C=C/COc1cc(C)c(OCCCCOC/C(=N/OC)c2ccccc2)c(C)c1. The first-order valence-corrected chi connectivity index (χ1v) is 10.4. The van der Waals surface area contributed by atoms with Crippen molar-refractivity contribution >= 4 is 5.71 Å². The Morgan fingerprint density at radius 2 is 1.67 bits per heavy atom. The van der Waals surface area contributed by atoms with E-state index in [1.165, 1.54) is 0 Å². The highest BCUT2D eigenvalue weighted by Crippen LogP contribution is 2.28. The molecule has 162 valence electrons. The van der Waals surface area contributed by atoms with Crippen molar-refractivity contribution in [2.24, 2.45) is 5.16 Å². The second kappa shape index (κ2) is 13.4. The van der Waals surface area contributed by atoms with E-state index in [2.05, 4.69) is 5.16 Å². The summed E-state index contributed by atoms with van der Waals surface area (Å²) >= 11 is 0. The summed E-state index contributed by atoms with van der Waals surface area (Å²) in [7, 11) is 1.55. The predicted molar refractivity (Wildman–Crippen MR) is 122 cm³/mol. The smallest absolute Gasteiger partial charge is 0.125 e. The molecule has 0 radical (unpaired) electrons. The Bertz CT molecular complexity index is 792. The Hall–Kier alpha value is -2.79. The Morgan fingerprint density at radius 3 is 2.33 bits per heavy atom. The molecular weight excluding hydrogens is 378 g/mol.